The lowest BCUT2D eigenvalue weighted by Gasteiger charge is -2.10. The van der Waals surface area contributed by atoms with Crippen molar-refractivity contribution in [2.45, 2.75) is 19.9 Å². The van der Waals surface area contributed by atoms with Crippen LogP contribution in [0.4, 0.5) is 0 Å². The van der Waals surface area contributed by atoms with Crippen LogP contribution < -0.4 is 14.8 Å². The molecule has 9 heteroatoms. The van der Waals surface area contributed by atoms with E-state index in [0.717, 1.165) is 11.1 Å². The number of nitrogens with one attached hydrogen (secondary N) is 1. The van der Waals surface area contributed by atoms with Crippen molar-refractivity contribution in [1.29, 1.82) is 0 Å². The van der Waals surface area contributed by atoms with Crippen LogP contribution in [0.5, 0.6) is 11.5 Å². The third kappa shape index (κ3) is 4.86. The van der Waals surface area contributed by atoms with E-state index in [-0.39, 0.29) is 12.5 Å². The predicted molar refractivity (Wildman–Crippen MR) is 110 cm³/mol. The number of methoxy groups -OCH3 is 2. The first-order valence-electron chi connectivity index (χ1n) is 9.53. The maximum Gasteiger partial charge on any atom is 0.338 e. The molecule has 3 rings (SSSR count). The zero-order chi connectivity index (χ0) is 21.5. The predicted octanol–water partition coefficient (Wildman–Crippen LogP) is 1.98. The molecule has 9 nitrogen and oxygen atoms in total. The van der Waals surface area contributed by atoms with Crippen LogP contribution in [0.25, 0.3) is 11.0 Å². The molecule has 1 aromatic heterocycles. The van der Waals surface area contributed by atoms with Crippen molar-refractivity contribution in [3.63, 3.8) is 0 Å². The largest absolute Gasteiger partial charge is 0.493 e. The number of esters is 1. The fourth-order valence-corrected chi connectivity index (χ4v) is 2.98. The van der Waals surface area contributed by atoms with E-state index in [1.165, 1.54) is 0 Å². The summed E-state index contributed by atoms with van der Waals surface area (Å²) in [5, 5.41) is 10.8. The Labute approximate surface area is 173 Å². The molecule has 0 aliphatic carbocycles. The molecule has 158 valence electrons. The Bertz CT molecular complexity index is 1050. The zero-order valence-corrected chi connectivity index (χ0v) is 17.2. The summed E-state index contributed by atoms with van der Waals surface area (Å²) in [6.07, 6.45) is 0.601. The average molecular weight is 412 g/mol. The summed E-state index contributed by atoms with van der Waals surface area (Å²) < 4.78 is 17.3. The van der Waals surface area contributed by atoms with Crippen LogP contribution in [0, 0.1) is 0 Å². The van der Waals surface area contributed by atoms with Gasteiger partial charge in [-0.1, -0.05) is 11.3 Å². The summed E-state index contributed by atoms with van der Waals surface area (Å²) in [6.45, 7) is 2.69. The van der Waals surface area contributed by atoms with E-state index in [9.17, 15) is 9.59 Å². The second-order valence-electron chi connectivity index (χ2n) is 6.47. The minimum absolute atomic E-state index is 0.323. The molecule has 0 fully saturated rings. The van der Waals surface area contributed by atoms with Gasteiger partial charge >= 0.3 is 5.97 Å². The van der Waals surface area contributed by atoms with Crippen LogP contribution in [-0.4, -0.2) is 54.2 Å². The van der Waals surface area contributed by atoms with Crippen molar-refractivity contribution in [1.82, 2.24) is 20.3 Å². The number of nitrogens with zero attached hydrogens (tertiary/aromatic N) is 3. The Kier molecular flexibility index (Phi) is 6.84. The molecule has 0 bridgehead atoms. The van der Waals surface area contributed by atoms with E-state index in [1.54, 1.807) is 37.1 Å². The number of hydrogen-bond acceptors (Lipinski definition) is 7. The molecule has 1 amide bonds. The Morgan fingerprint density at radius 2 is 1.87 bits per heavy atom. The molecule has 3 aromatic rings. The van der Waals surface area contributed by atoms with E-state index in [2.05, 4.69) is 15.6 Å². The number of fused-ring (bicyclic) bond motifs is 1. The summed E-state index contributed by atoms with van der Waals surface area (Å²) in [6, 6.07) is 10.6. The quantitative estimate of drug-likeness (QED) is 0.536. The van der Waals surface area contributed by atoms with Gasteiger partial charge in [-0.25, -0.2) is 9.48 Å². The lowest BCUT2D eigenvalue weighted by Crippen LogP contribution is -2.30. The van der Waals surface area contributed by atoms with Crippen LogP contribution in [0.2, 0.25) is 0 Å². The number of carbonyl (C=O) groups is 2. The molecule has 0 radical (unpaired) electrons. The number of amides is 1. The first kappa shape index (κ1) is 21.1. The van der Waals surface area contributed by atoms with Gasteiger partial charge in [-0.3, -0.25) is 4.79 Å². The van der Waals surface area contributed by atoms with Gasteiger partial charge in [0, 0.05) is 13.1 Å². The van der Waals surface area contributed by atoms with Crippen molar-refractivity contribution < 1.29 is 23.8 Å². The average Bonchev–Trinajstić information content (AvgIpc) is 3.19. The molecule has 0 aliphatic rings. The van der Waals surface area contributed by atoms with Crippen molar-refractivity contribution >= 4 is 22.9 Å². The number of ether oxygens (including phenoxy) is 3. The molecule has 1 heterocycles. The lowest BCUT2D eigenvalue weighted by molar-refractivity contribution is -0.124. The minimum atomic E-state index is -0.585. The molecule has 0 saturated heterocycles. The van der Waals surface area contributed by atoms with Crippen molar-refractivity contribution in [2.24, 2.45) is 0 Å². The van der Waals surface area contributed by atoms with Crippen molar-refractivity contribution in [3.05, 3.63) is 47.5 Å². The van der Waals surface area contributed by atoms with Gasteiger partial charge in [0.25, 0.3) is 5.91 Å². The fourth-order valence-electron chi connectivity index (χ4n) is 2.98. The third-order valence-corrected chi connectivity index (χ3v) is 4.57. The number of aromatic nitrogens is 3. The van der Waals surface area contributed by atoms with Gasteiger partial charge in [-0.05, 0) is 49.2 Å². The molecule has 0 atom stereocenters. The molecule has 0 unspecified atom stereocenters. The normalized spacial score (nSPS) is 10.6. The molecule has 0 spiro atoms. The monoisotopic (exact) mass is 412 g/mol. The van der Waals surface area contributed by atoms with Gasteiger partial charge in [0.05, 0.1) is 25.3 Å². The number of benzene rings is 2. The van der Waals surface area contributed by atoms with Crippen molar-refractivity contribution in [3.8, 4) is 11.5 Å². The fraction of sp³-hybridized carbons (Fsp3) is 0.333. The Morgan fingerprint density at radius 1 is 1.07 bits per heavy atom. The molecule has 2 aromatic carbocycles. The Morgan fingerprint density at radius 3 is 2.60 bits per heavy atom. The van der Waals surface area contributed by atoms with Gasteiger partial charge in [0.1, 0.15) is 5.52 Å². The summed E-state index contributed by atoms with van der Waals surface area (Å²) in [5.74, 6) is 0.318. The minimum Gasteiger partial charge on any atom is -0.493 e. The molecule has 0 saturated carbocycles. The summed E-state index contributed by atoms with van der Waals surface area (Å²) in [5.41, 5.74) is 2.75. The summed E-state index contributed by atoms with van der Waals surface area (Å²) >= 11 is 0. The second kappa shape index (κ2) is 9.73. The number of rotatable bonds is 9. The maximum absolute atomic E-state index is 12.2. The molecular weight excluding hydrogens is 388 g/mol. The van der Waals surface area contributed by atoms with Gasteiger partial charge in [-0.2, -0.15) is 0 Å². The van der Waals surface area contributed by atoms with Crippen LogP contribution in [0.3, 0.4) is 0 Å². The SMILES string of the molecule is CCn1nnc2cc(C(=O)OCC(=O)NCCc3ccc(OC)c(OC)c3)ccc21. The topological polar surface area (TPSA) is 105 Å². The first-order chi connectivity index (χ1) is 14.5. The van der Waals surface area contributed by atoms with Gasteiger partial charge < -0.3 is 19.5 Å². The highest BCUT2D eigenvalue weighted by Crippen LogP contribution is 2.27. The van der Waals surface area contributed by atoms with Crippen LogP contribution in [0.1, 0.15) is 22.8 Å². The standard InChI is InChI=1S/C21H24N4O5/c1-4-25-17-7-6-15(12-16(17)23-24-25)21(27)30-13-20(26)22-10-9-14-5-8-18(28-2)19(11-14)29-3/h5-8,11-12H,4,9-10,13H2,1-3H3,(H,22,26). The van der Waals surface area contributed by atoms with E-state index in [0.29, 0.717) is 42.1 Å². The smallest absolute Gasteiger partial charge is 0.338 e. The van der Waals surface area contributed by atoms with Gasteiger partial charge in [-0.15, -0.1) is 5.10 Å². The van der Waals surface area contributed by atoms with Gasteiger partial charge in [0.2, 0.25) is 0 Å². The number of aryl methyl sites for hydroxylation is 1. The highest BCUT2D eigenvalue weighted by atomic mass is 16.5. The van der Waals surface area contributed by atoms with Gasteiger partial charge in [0.15, 0.2) is 18.1 Å². The van der Waals surface area contributed by atoms with E-state index >= 15 is 0 Å². The highest BCUT2D eigenvalue weighted by molar-refractivity contribution is 5.94. The summed E-state index contributed by atoms with van der Waals surface area (Å²) in [7, 11) is 3.15. The molecule has 0 aliphatic heterocycles. The number of carbonyl (C=O) groups excluding carboxylic acids is 2. The maximum atomic E-state index is 12.2. The van der Waals surface area contributed by atoms with Crippen LogP contribution in [-0.2, 0) is 22.5 Å². The van der Waals surface area contributed by atoms with Crippen LogP contribution >= 0.6 is 0 Å². The zero-order valence-electron chi connectivity index (χ0n) is 17.2. The number of hydrogen-bond donors (Lipinski definition) is 1. The van der Waals surface area contributed by atoms with E-state index < -0.39 is 5.97 Å². The first-order valence-corrected chi connectivity index (χ1v) is 9.53. The highest BCUT2D eigenvalue weighted by Gasteiger charge is 2.13. The molecular formula is C21H24N4O5. The molecule has 1 N–H and O–H groups in total. The van der Waals surface area contributed by atoms with E-state index in [1.807, 2.05) is 25.1 Å². The van der Waals surface area contributed by atoms with E-state index in [4.69, 9.17) is 14.2 Å². The Balaban J connectivity index is 1.47. The Hall–Kier alpha value is -3.62. The lowest BCUT2D eigenvalue weighted by atomic mass is 10.1. The van der Waals surface area contributed by atoms with Crippen molar-refractivity contribution in [2.75, 3.05) is 27.4 Å². The second-order valence-corrected chi connectivity index (χ2v) is 6.47. The van der Waals surface area contributed by atoms with Crippen LogP contribution in [0.15, 0.2) is 36.4 Å². The third-order valence-electron chi connectivity index (χ3n) is 4.57. The summed E-state index contributed by atoms with van der Waals surface area (Å²) in [4.78, 5) is 24.2. The molecule has 30 heavy (non-hydrogen) atoms.